The Morgan fingerprint density at radius 1 is 1.02 bits per heavy atom. The molecular formula is C32H35Cl2FN2O4S. The van der Waals surface area contributed by atoms with Gasteiger partial charge in [-0.25, -0.2) is 12.8 Å². The number of morpholine rings is 1. The van der Waals surface area contributed by atoms with E-state index in [1.165, 1.54) is 22.5 Å². The lowest BCUT2D eigenvalue weighted by Gasteiger charge is -2.45. The van der Waals surface area contributed by atoms with Crippen LogP contribution in [0.1, 0.15) is 44.2 Å². The normalized spacial score (nSPS) is 19.4. The predicted octanol–water partition coefficient (Wildman–Crippen LogP) is 7.44. The molecule has 1 saturated carbocycles. The number of para-hydroxylation sites is 1. The number of anilines is 1. The van der Waals surface area contributed by atoms with Crippen LogP contribution in [0.2, 0.25) is 10.0 Å². The summed E-state index contributed by atoms with van der Waals surface area (Å²) in [7, 11) is -3.79. The molecular weight excluding hydrogens is 598 g/mol. The smallest absolute Gasteiger partial charge is 0.252 e. The van der Waals surface area contributed by atoms with Gasteiger partial charge in [-0.3, -0.25) is 9.10 Å². The standard InChI is InChI=1S/C26H30ClFN2O4S.C6H5Cl/c1-3-7-25-26(31)30(24(17-34-25)18-10-12-19(27)13-11-18)20(4-2)16-29(35(32,33)21-14-15-21)23-9-6-5-8-22(23)28;7-6-4-2-1-3-5-6/h3,5-6,8-13,20-21,24-25H,1,4,7,14-17H2,2H3;1-5H/t20-,24-,25+;/m0./s1. The lowest BCUT2D eigenvalue weighted by molar-refractivity contribution is -0.163. The summed E-state index contributed by atoms with van der Waals surface area (Å²) in [4.78, 5) is 15.4. The highest BCUT2D eigenvalue weighted by molar-refractivity contribution is 7.93. The number of benzene rings is 3. The minimum atomic E-state index is -3.79. The lowest BCUT2D eigenvalue weighted by Crippen LogP contribution is -2.57. The molecule has 0 aromatic heterocycles. The highest BCUT2D eigenvalue weighted by Crippen LogP contribution is 2.37. The first-order valence-corrected chi connectivity index (χ1v) is 16.2. The van der Waals surface area contributed by atoms with Crippen LogP contribution in [-0.4, -0.2) is 49.8 Å². The molecule has 2 fully saturated rings. The van der Waals surface area contributed by atoms with Crippen molar-refractivity contribution in [2.45, 2.75) is 56.0 Å². The maximum absolute atomic E-state index is 14.8. The third kappa shape index (κ3) is 7.72. The van der Waals surface area contributed by atoms with Crippen LogP contribution in [-0.2, 0) is 19.6 Å². The van der Waals surface area contributed by atoms with E-state index in [-0.39, 0.29) is 24.7 Å². The molecule has 42 heavy (non-hydrogen) atoms. The number of amides is 1. The lowest BCUT2D eigenvalue weighted by atomic mass is 9.98. The first-order valence-electron chi connectivity index (χ1n) is 13.9. The average molecular weight is 634 g/mol. The van der Waals surface area contributed by atoms with Gasteiger partial charge in [0.1, 0.15) is 11.9 Å². The highest BCUT2D eigenvalue weighted by Gasteiger charge is 2.45. The van der Waals surface area contributed by atoms with Crippen molar-refractivity contribution < 1.29 is 22.3 Å². The largest absolute Gasteiger partial charge is 0.366 e. The van der Waals surface area contributed by atoms with E-state index >= 15 is 0 Å². The van der Waals surface area contributed by atoms with Gasteiger partial charge < -0.3 is 9.64 Å². The van der Waals surface area contributed by atoms with Crippen molar-refractivity contribution in [3.05, 3.63) is 113 Å². The number of halogens is 3. The van der Waals surface area contributed by atoms with Gasteiger partial charge in [0.15, 0.2) is 0 Å². The zero-order valence-electron chi connectivity index (χ0n) is 23.4. The van der Waals surface area contributed by atoms with Gasteiger partial charge in [-0.2, -0.15) is 0 Å². The van der Waals surface area contributed by atoms with Crippen LogP contribution < -0.4 is 4.31 Å². The van der Waals surface area contributed by atoms with Crippen molar-refractivity contribution in [2.24, 2.45) is 0 Å². The van der Waals surface area contributed by atoms with Crippen LogP contribution in [0.5, 0.6) is 0 Å². The summed E-state index contributed by atoms with van der Waals surface area (Å²) < 4.78 is 48.7. The van der Waals surface area contributed by atoms with Gasteiger partial charge in [-0.15, -0.1) is 6.58 Å². The molecule has 0 unspecified atom stereocenters. The molecule has 3 aromatic rings. The van der Waals surface area contributed by atoms with Crippen LogP contribution in [0, 0.1) is 5.82 Å². The van der Waals surface area contributed by atoms with E-state index in [1.807, 2.05) is 49.4 Å². The number of ether oxygens (including phenoxy) is 1. The van der Waals surface area contributed by atoms with Gasteiger partial charge >= 0.3 is 0 Å². The second-order valence-electron chi connectivity index (χ2n) is 10.2. The minimum Gasteiger partial charge on any atom is -0.366 e. The topological polar surface area (TPSA) is 66.9 Å². The van der Waals surface area contributed by atoms with E-state index in [4.69, 9.17) is 27.9 Å². The van der Waals surface area contributed by atoms with Crippen LogP contribution in [0.3, 0.4) is 0 Å². The van der Waals surface area contributed by atoms with E-state index < -0.39 is 39.3 Å². The average Bonchev–Trinajstić information content (AvgIpc) is 3.84. The Balaban J connectivity index is 0.000000507. The summed E-state index contributed by atoms with van der Waals surface area (Å²) in [6.07, 6.45) is 2.85. The van der Waals surface area contributed by atoms with Crippen molar-refractivity contribution in [1.29, 1.82) is 0 Å². The van der Waals surface area contributed by atoms with Gasteiger partial charge in [0.25, 0.3) is 5.91 Å². The maximum Gasteiger partial charge on any atom is 0.252 e. The molecule has 10 heteroatoms. The van der Waals surface area contributed by atoms with Crippen LogP contribution >= 0.6 is 23.2 Å². The van der Waals surface area contributed by atoms with E-state index in [0.717, 1.165) is 10.6 Å². The third-order valence-electron chi connectivity index (χ3n) is 7.30. The summed E-state index contributed by atoms with van der Waals surface area (Å²) in [6, 6.07) is 21.6. The Morgan fingerprint density at radius 2 is 1.64 bits per heavy atom. The van der Waals surface area contributed by atoms with Crippen molar-refractivity contribution in [2.75, 3.05) is 17.5 Å². The summed E-state index contributed by atoms with van der Waals surface area (Å²) in [5.74, 6) is -0.848. The number of rotatable bonds is 10. The minimum absolute atomic E-state index is 0.00393. The fraction of sp³-hybridized carbons (Fsp3) is 0.344. The Hall–Kier alpha value is -2.91. The maximum atomic E-state index is 14.8. The Kier molecular flexibility index (Phi) is 11.1. The first kappa shape index (κ1) is 32.0. The SMILES string of the molecule is C=CC[C@H]1OC[C@@H](c2ccc(Cl)cc2)N([C@@H](CC)CN(c2ccccc2F)S(=O)(=O)C2CC2)C1=O.Clc1ccccc1. The molecule has 224 valence electrons. The van der Waals surface area contributed by atoms with E-state index in [0.29, 0.717) is 30.7 Å². The van der Waals surface area contributed by atoms with E-state index in [2.05, 4.69) is 6.58 Å². The van der Waals surface area contributed by atoms with E-state index in [1.54, 1.807) is 29.2 Å². The molecule has 6 nitrogen and oxygen atoms in total. The van der Waals surface area contributed by atoms with Gasteiger partial charge in [0.2, 0.25) is 10.0 Å². The molecule has 0 N–H and O–H groups in total. The number of carbonyl (C=O) groups excluding carboxylic acids is 1. The summed E-state index contributed by atoms with van der Waals surface area (Å²) in [6.45, 7) is 5.83. The number of sulfonamides is 1. The monoisotopic (exact) mass is 632 g/mol. The second kappa shape index (κ2) is 14.5. The van der Waals surface area contributed by atoms with Gasteiger partial charge in [0, 0.05) is 16.5 Å². The molecule has 0 spiro atoms. The quantitative estimate of drug-likeness (QED) is 0.218. The summed E-state index contributed by atoms with van der Waals surface area (Å²) >= 11 is 11.6. The van der Waals surface area contributed by atoms with Crippen molar-refractivity contribution >= 4 is 44.8 Å². The zero-order chi connectivity index (χ0) is 30.3. The summed E-state index contributed by atoms with van der Waals surface area (Å²) in [5, 5.41) is 0.837. The second-order valence-corrected chi connectivity index (χ2v) is 13.3. The van der Waals surface area contributed by atoms with E-state index in [9.17, 15) is 17.6 Å². The molecule has 1 aliphatic heterocycles. The Labute approximate surface area is 257 Å². The summed E-state index contributed by atoms with van der Waals surface area (Å²) in [5.41, 5.74) is 0.838. The molecule has 0 radical (unpaired) electrons. The molecule has 3 atom stereocenters. The Morgan fingerprint density at radius 3 is 2.19 bits per heavy atom. The van der Waals surface area contributed by atoms with Gasteiger partial charge in [0.05, 0.1) is 36.2 Å². The van der Waals surface area contributed by atoms with Gasteiger partial charge in [-0.1, -0.05) is 78.7 Å². The van der Waals surface area contributed by atoms with Crippen LogP contribution in [0.4, 0.5) is 10.1 Å². The molecule has 1 amide bonds. The van der Waals surface area contributed by atoms with Crippen molar-refractivity contribution in [3.63, 3.8) is 0 Å². The number of hydrogen-bond donors (Lipinski definition) is 0. The number of hydrogen-bond acceptors (Lipinski definition) is 4. The molecule has 1 saturated heterocycles. The molecule has 5 rings (SSSR count). The fourth-order valence-electron chi connectivity index (χ4n) is 4.93. The van der Waals surface area contributed by atoms with Crippen molar-refractivity contribution in [3.8, 4) is 0 Å². The molecule has 2 aliphatic rings. The number of carbonyl (C=O) groups is 1. The van der Waals surface area contributed by atoms with Crippen LogP contribution in [0.25, 0.3) is 0 Å². The molecule has 1 heterocycles. The van der Waals surface area contributed by atoms with Crippen molar-refractivity contribution in [1.82, 2.24) is 4.90 Å². The molecule has 1 aliphatic carbocycles. The molecule has 0 bridgehead atoms. The van der Waals surface area contributed by atoms with Gasteiger partial charge in [-0.05, 0) is 61.2 Å². The fourth-order valence-corrected chi connectivity index (χ4v) is 7.10. The third-order valence-corrected chi connectivity index (χ3v) is 10.1. The molecule has 3 aromatic carbocycles. The zero-order valence-corrected chi connectivity index (χ0v) is 25.7. The Bertz CT molecular complexity index is 1450. The highest BCUT2D eigenvalue weighted by atomic mass is 35.5. The van der Waals surface area contributed by atoms with Crippen LogP contribution in [0.15, 0.2) is 91.5 Å². The number of nitrogens with zero attached hydrogens (tertiary/aromatic N) is 2. The predicted molar refractivity (Wildman–Crippen MR) is 167 cm³/mol. The first-order chi connectivity index (χ1) is 20.2.